The van der Waals surface area contributed by atoms with Gasteiger partial charge in [-0.1, -0.05) is 34.1 Å². The van der Waals surface area contributed by atoms with Gasteiger partial charge in [-0.15, -0.1) is 0 Å². The highest BCUT2D eigenvalue weighted by Gasteiger charge is 2.36. The van der Waals surface area contributed by atoms with E-state index < -0.39 is 23.6 Å². The van der Waals surface area contributed by atoms with Crippen LogP contribution in [0.3, 0.4) is 0 Å². The first kappa shape index (κ1) is 24.5. The van der Waals surface area contributed by atoms with E-state index in [1.54, 1.807) is 66.7 Å². The van der Waals surface area contributed by atoms with Gasteiger partial charge in [0.05, 0.1) is 30.5 Å². The van der Waals surface area contributed by atoms with Crippen molar-refractivity contribution in [3.8, 4) is 5.75 Å². The lowest BCUT2D eigenvalue weighted by molar-refractivity contribution is -0.122. The summed E-state index contributed by atoms with van der Waals surface area (Å²) in [7, 11) is 1.48. The van der Waals surface area contributed by atoms with Crippen molar-refractivity contribution >= 4 is 68.7 Å². The number of carbonyl (C=O) groups is 4. The smallest absolute Gasteiger partial charge is 0.270 e. The summed E-state index contributed by atoms with van der Waals surface area (Å²) >= 11 is 8.61. The van der Waals surface area contributed by atoms with Gasteiger partial charge in [-0.3, -0.25) is 34.3 Å². The second-order valence-corrected chi connectivity index (χ2v) is 9.55. The van der Waals surface area contributed by atoms with Gasteiger partial charge in [0.2, 0.25) is 0 Å². The summed E-state index contributed by atoms with van der Waals surface area (Å²) < 4.78 is 6.27. The second-order valence-electron chi connectivity index (χ2n) is 8.25. The number of carbonyl (C=O) groups excluding carboxylic acids is 4. The van der Waals surface area contributed by atoms with E-state index in [4.69, 9.17) is 17.0 Å². The van der Waals surface area contributed by atoms with E-state index in [9.17, 15) is 19.2 Å². The van der Waals surface area contributed by atoms with Crippen LogP contribution < -0.4 is 15.0 Å². The number of amides is 4. The molecule has 2 aliphatic heterocycles. The SMILES string of the molecule is COc1ccc(C=C2C(=O)NC(=S)N(c3ccc(Br)cc3)C2=O)cc1CN1C(=O)c2ccccc2C1=O. The summed E-state index contributed by atoms with van der Waals surface area (Å²) in [6, 6.07) is 18.6. The third-order valence-electron chi connectivity index (χ3n) is 6.01. The van der Waals surface area contributed by atoms with Crippen LogP contribution in [0.1, 0.15) is 31.8 Å². The Morgan fingerprint density at radius 3 is 2.19 bits per heavy atom. The van der Waals surface area contributed by atoms with Crippen LogP contribution in [0.15, 0.2) is 76.8 Å². The number of benzene rings is 3. The van der Waals surface area contributed by atoms with E-state index >= 15 is 0 Å². The van der Waals surface area contributed by atoms with Crippen molar-refractivity contribution in [3.63, 3.8) is 0 Å². The number of hydrogen-bond acceptors (Lipinski definition) is 6. The van der Waals surface area contributed by atoms with Gasteiger partial charge in [-0.2, -0.15) is 0 Å². The lowest BCUT2D eigenvalue weighted by atomic mass is 10.0. The van der Waals surface area contributed by atoms with E-state index in [2.05, 4.69) is 21.2 Å². The molecule has 4 amide bonds. The molecule has 1 N–H and O–H groups in total. The average Bonchev–Trinajstić information content (AvgIpc) is 3.12. The number of thiocarbonyl (C=S) groups is 1. The fraction of sp³-hybridized carbons (Fsp3) is 0.0741. The van der Waals surface area contributed by atoms with Crippen LogP contribution in [0.2, 0.25) is 0 Å². The molecule has 3 aromatic carbocycles. The molecule has 3 aromatic rings. The maximum Gasteiger partial charge on any atom is 0.270 e. The third kappa shape index (κ3) is 4.45. The van der Waals surface area contributed by atoms with Crippen molar-refractivity contribution in [1.82, 2.24) is 10.2 Å². The van der Waals surface area contributed by atoms with Crippen molar-refractivity contribution in [2.75, 3.05) is 12.0 Å². The summed E-state index contributed by atoms with van der Waals surface area (Å²) in [6.45, 7) is -0.0399. The molecule has 0 radical (unpaired) electrons. The molecule has 2 aliphatic rings. The molecule has 1 saturated heterocycles. The minimum Gasteiger partial charge on any atom is -0.496 e. The van der Waals surface area contributed by atoms with Gasteiger partial charge in [0, 0.05) is 10.0 Å². The highest BCUT2D eigenvalue weighted by Crippen LogP contribution is 2.29. The largest absolute Gasteiger partial charge is 0.496 e. The zero-order valence-corrected chi connectivity index (χ0v) is 21.8. The number of nitrogens with zero attached hydrogens (tertiary/aromatic N) is 2. The number of fused-ring (bicyclic) bond motifs is 1. The third-order valence-corrected chi connectivity index (χ3v) is 6.82. The Hall–Kier alpha value is -4.15. The quantitative estimate of drug-likeness (QED) is 0.213. The summed E-state index contributed by atoms with van der Waals surface area (Å²) in [5, 5.41) is 2.54. The van der Waals surface area contributed by atoms with E-state index in [0.717, 1.165) is 9.37 Å². The Morgan fingerprint density at radius 1 is 0.919 bits per heavy atom. The fourth-order valence-electron chi connectivity index (χ4n) is 4.21. The lowest BCUT2D eigenvalue weighted by Gasteiger charge is -2.29. The Labute approximate surface area is 225 Å². The van der Waals surface area contributed by atoms with E-state index in [0.29, 0.717) is 33.7 Å². The normalized spacial score (nSPS) is 16.4. The molecule has 0 unspecified atom stereocenters. The standard InChI is InChI=1S/C27H18BrN3O5S/c1-36-22-11-6-15(12-16(22)14-30-24(33)19-4-2-3-5-20(19)25(30)34)13-21-23(32)29-27(37)31(26(21)35)18-9-7-17(28)8-10-18/h2-13H,14H2,1H3,(H,29,32,37). The van der Waals surface area contributed by atoms with Crippen molar-refractivity contribution < 1.29 is 23.9 Å². The molecule has 5 rings (SSSR count). The van der Waals surface area contributed by atoms with Crippen molar-refractivity contribution in [2.24, 2.45) is 0 Å². The number of ether oxygens (including phenoxy) is 1. The average molecular weight is 576 g/mol. The van der Waals surface area contributed by atoms with Gasteiger partial charge in [-0.05, 0) is 72.4 Å². The van der Waals surface area contributed by atoms with Gasteiger partial charge < -0.3 is 4.74 Å². The molecule has 0 aromatic heterocycles. The van der Waals surface area contributed by atoms with E-state index in [-0.39, 0.29) is 17.2 Å². The Balaban J connectivity index is 1.47. The second kappa shape index (κ2) is 9.72. The summed E-state index contributed by atoms with van der Waals surface area (Å²) in [6.07, 6.45) is 1.44. The molecule has 37 heavy (non-hydrogen) atoms. The first-order valence-electron chi connectivity index (χ1n) is 11.1. The molecule has 2 heterocycles. The van der Waals surface area contributed by atoms with Crippen molar-refractivity contribution in [1.29, 1.82) is 0 Å². The van der Waals surface area contributed by atoms with Crippen molar-refractivity contribution in [3.05, 3.63) is 99.0 Å². The van der Waals surface area contributed by atoms with E-state index in [1.807, 2.05) is 0 Å². The first-order valence-corrected chi connectivity index (χ1v) is 12.3. The summed E-state index contributed by atoms with van der Waals surface area (Å²) in [4.78, 5) is 54.1. The topological polar surface area (TPSA) is 96.0 Å². The maximum absolute atomic E-state index is 13.3. The van der Waals surface area contributed by atoms with Crippen LogP contribution >= 0.6 is 28.1 Å². The molecular formula is C27H18BrN3O5S. The number of imide groups is 1. The van der Waals surface area contributed by atoms with Gasteiger partial charge in [0.15, 0.2) is 5.11 Å². The van der Waals surface area contributed by atoms with Gasteiger partial charge in [0.25, 0.3) is 23.6 Å². The minimum atomic E-state index is -0.624. The number of hydrogen-bond donors (Lipinski definition) is 1. The maximum atomic E-state index is 13.3. The van der Waals surface area contributed by atoms with Gasteiger partial charge >= 0.3 is 0 Å². The molecule has 0 spiro atoms. The molecule has 184 valence electrons. The van der Waals surface area contributed by atoms with Gasteiger partial charge in [-0.25, -0.2) is 0 Å². The number of anilines is 1. The lowest BCUT2D eigenvalue weighted by Crippen LogP contribution is -2.54. The molecule has 0 saturated carbocycles. The number of nitrogens with one attached hydrogen (secondary N) is 1. The summed E-state index contributed by atoms with van der Waals surface area (Å²) in [5.41, 5.74) is 2.12. The van der Waals surface area contributed by atoms with Crippen LogP contribution in [0, 0.1) is 0 Å². The monoisotopic (exact) mass is 575 g/mol. The van der Waals surface area contributed by atoms with Crippen LogP contribution in [0.4, 0.5) is 5.69 Å². The van der Waals surface area contributed by atoms with Crippen molar-refractivity contribution in [2.45, 2.75) is 6.54 Å². The highest BCUT2D eigenvalue weighted by molar-refractivity contribution is 9.10. The minimum absolute atomic E-state index is 0.0180. The highest BCUT2D eigenvalue weighted by atomic mass is 79.9. The number of halogens is 1. The molecule has 0 aliphatic carbocycles. The Bertz CT molecular complexity index is 1500. The van der Waals surface area contributed by atoms with Crippen LogP contribution in [-0.4, -0.2) is 40.8 Å². The number of rotatable bonds is 5. The molecule has 0 bridgehead atoms. The Kier molecular flexibility index (Phi) is 6.45. The zero-order chi connectivity index (χ0) is 26.3. The van der Waals surface area contributed by atoms with Crippen LogP contribution in [0.25, 0.3) is 6.08 Å². The van der Waals surface area contributed by atoms with Crippen LogP contribution in [0.5, 0.6) is 5.75 Å². The zero-order valence-electron chi connectivity index (χ0n) is 19.4. The number of methoxy groups -OCH3 is 1. The molecule has 0 atom stereocenters. The predicted octanol–water partition coefficient (Wildman–Crippen LogP) is 4.09. The molecule has 1 fully saturated rings. The van der Waals surface area contributed by atoms with Crippen LogP contribution in [-0.2, 0) is 16.1 Å². The molecule has 8 nitrogen and oxygen atoms in total. The summed E-state index contributed by atoms with van der Waals surface area (Å²) in [5.74, 6) is -1.54. The van der Waals surface area contributed by atoms with Gasteiger partial charge in [0.1, 0.15) is 11.3 Å². The Morgan fingerprint density at radius 2 is 1.57 bits per heavy atom. The predicted molar refractivity (Wildman–Crippen MR) is 144 cm³/mol. The first-order chi connectivity index (χ1) is 17.8. The fourth-order valence-corrected chi connectivity index (χ4v) is 4.76. The molecular weight excluding hydrogens is 558 g/mol. The van der Waals surface area contributed by atoms with E-state index in [1.165, 1.54) is 18.1 Å². The molecule has 10 heteroatoms.